The number of hydrogen-bond donors (Lipinski definition) is 2. The first kappa shape index (κ1) is 15.5. The number of nitro benzene ring substituents is 1. The van der Waals surface area contributed by atoms with Crippen molar-refractivity contribution >= 4 is 15.7 Å². The van der Waals surface area contributed by atoms with E-state index in [4.69, 9.17) is 5.73 Å². The molecular formula is C11H17N3O4S. The molecule has 19 heavy (non-hydrogen) atoms. The van der Waals surface area contributed by atoms with Crippen LogP contribution in [0.4, 0.5) is 5.69 Å². The van der Waals surface area contributed by atoms with Gasteiger partial charge in [-0.3, -0.25) is 10.1 Å². The molecule has 8 heteroatoms. The zero-order chi connectivity index (χ0) is 14.6. The van der Waals surface area contributed by atoms with E-state index < -0.39 is 20.6 Å². The maximum absolute atomic E-state index is 12.1. The Morgan fingerprint density at radius 3 is 2.63 bits per heavy atom. The second-order valence-electron chi connectivity index (χ2n) is 4.34. The van der Waals surface area contributed by atoms with E-state index >= 15 is 0 Å². The maximum atomic E-state index is 12.1. The van der Waals surface area contributed by atoms with Crippen molar-refractivity contribution in [3.05, 3.63) is 33.9 Å². The van der Waals surface area contributed by atoms with Crippen LogP contribution in [-0.2, 0) is 10.0 Å². The van der Waals surface area contributed by atoms with Gasteiger partial charge in [0.25, 0.3) is 5.69 Å². The lowest BCUT2D eigenvalue weighted by molar-refractivity contribution is -0.387. The summed E-state index contributed by atoms with van der Waals surface area (Å²) in [5.41, 5.74) is 5.44. The molecule has 0 aromatic heterocycles. The number of nitro groups is 1. The number of nitrogens with zero attached hydrogens (tertiary/aromatic N) is 1. The number of benzene rings is 1. The molecule has 3 N–H and O–H groups in total. The Bertz CT molecular complexity index is 569. The molecule has 1 aromatic rings. The van der Waals surface area contributed by atoms with Crippen LogP contribution in [0.2, 0.25) is 0 Å². The van der Waals surface area contributed by atoms with Gasteiger partial charge in [-0.05, 0) is 25.8 Å². The highest BCUT2D eigenvalue weighted by Gasteiger charge is 2.27. The minimum Gasteiger partial charge on any atom is -0.328 e. The summed E-state index contributed by atoms with van der Waals surface area (Å²) in [6.45, 7) is 3.42. The molecular weight excluding hydrogens is 270 g/mol. The lowest BCUT2D eigenvalue weighted by Gasteiger charge is -2.10. The van der Waals surface area contributed by atoms with Crippen LogP contribution in [0.1, 0.15) is 18.9 Å². The maximum Gasteiger partial charge on any atom is 0.289 e. The zero-order valence-electron chi connectivity index (χ0n) is 10.8. The average molecular weight is 287 g/mol. The van der Waals surface area contributed by atoms with Gasteiger partial charge in [0, 0.05) is 18.7 Å². The fraction of sp³-hybridized carbons (Fsp3) is 0.455. The van der Waals surface area contributed by atoms with Crippen LogP contribution in [0.5, 0.6) is 0 Å². The lowest BCUT2D eigenvalue weighted by Crippen LogP contribution is -2.30. The number of aryl methyl sites for hydroxylation is 1. The number of sulfonamides is 1. The smallest absolute Gasteiger partial charge is 0.289 e. The van der Waals surface area contributed by atoms with Gasteiger partial charge < -0.3 is 5.73 Å². The summed E-state index contributed by atoms with van der Waals surface area (Å²) in [5, 5.41) is 10.9. The van der Waals surface area contributed by atoms with E-state index in [9.17, 15) is 18.5 Å². The van der Waals surface area contributed by atoms with E-state index in [1.165, 1.54) is 25.1 Å². The van der Waals surface area contributed by atoms with Gasteiger partial charge in [0.2, 0.25) is 10.0 Å². The topological polar surface area (TPSA) is 115 Å². The van der Waals surface area contributed by atoms with Crippen molar-refractivity contribution in [2.24, 2.45) is 5.73 Å². The van der Waals surface area contributed by atoms with Crippen LogP contribution >= 0.6 is 0 Å². The third-order valence-electron chi connectivity index (χ3n) is 2.55. The number of nitrogens with two attached hydrogens (primary N) is 1. The van der Waals surface area contributed by atoms with E-state index in [1.54, 1.807) is 6.92 Å². The lowest BCUT2D eigenvalue weighted by atomic mass is 10.2. The molecule has 0 saturated heterocycles. The predicted molar refractivity (Wildman–Crippen MR) is 71.3 cm³/mol. The molecule has 0 spiro atoms. The molecule has 106 valence electrons. The molecule has 0 amide bonds. The molecule has 0 heterocycles. The predicted octanol–water partition coefficient (Wildman–Crippen LogP) is 0.919. The second kappa shape index (κ2) is 6.09. The molecule has 0 radical (unpaired) electrons. The standard InChI is InChI=1S/C11H17N3O4S/c1-8-4-3-5-10(14(15)16)11(8)19(17,18)13-7-6-9(2)12/h3-5,9,13H,6-7,12H2,1-2H3. The fourth-order valence-corrected chi connectivity index (χ4v) is 3.06. The second-order valence-corrected chi connectivity index (χ2v) is 6.05. The van der Waals surface area contributed by atoms with Crippen LogP contribution in [0.3, 0.4) is 0 Å². The number of rotatable bonds is 6. The Hall–Kier alpha value is -1.51. The first-order valence-corrected chi connectivity index (χ1v) is 7.23. The quantitative estimate of drug-likeness (QED) is 0.596. The van der Waals surface area contributed by atoms with Gasteiger partial charge in [-0.15, -0.1) is 0 Å². The van der Waals surface area contributed by atoms with Gasteiger partial charge in [-0.2, -0.15) is 0 Å². The molecule has 1 atom stereocenters. The first-order chi connectivity index (χ1) is 8.75. The van der Waals surface area contributed by atoms with Gasteiger partial charge in [-0.25, -0.2) is 13.1 Å². The van der Waals surface area contributed by atoms with Crippen molar-refractivity contribution in [2.45, 2.75) is 31.2 Å². The summed E-state index contributed by atoms with van der Waals surface area (Å²) < 4.78 is 26.5. The summed E-state index contributed by atoms with van der Waals surface area (Å²) in [7, 11) is -3.91. The summed E-state index contributed by atoms with van der Waals surface area (Å²) in [6.07, 6.45) is 0.457. The zero-order valence-corrected chi connectivity index (χ0v) is 11.6. The van der Waals surface area contributed by atoms with Crippen LogP contribution in [0, 0.1) is 17.0 Å². The van der Waals surface area contributed by atoms with Gasteiger partial charge in [0.1, 0.15) is 0 Å². The van der Waals surface area contributed by atoms with Crippen molar-refractivity contribution in [1.82, 2.24) is 4.72 Å². The molecule has 0 aliphatic rings. The summed E-state index contributed by atoms with van der Waals surface area (Å²) in [5.74, 6) is 0. The molecule has 0 aliphatic heterocycles. The summed E-state index contributed by atoms with van der Waals surface area (Å²) >= 11 is 0. The van der Waals surface area contributed by atoms with Crippen LogP contribution in [-0.4, -0.2) is 25.9 Å². The first-order valence-electron chi connectivity index (χ1n) is 5.75. The van der Waals surface area contributed by atoms with Crippen LogP contribution in [0.25, 0.3) is 0 Å². The normalized spacial score (nSPS) is 13.2. The van der Waals surface area contributed by atoms with Crippen LogP contribution < -0.4 is 10.5 Å². The Labute approximate surface area is 112 Å². The van der Waals surface area contributed by atoms with E-state index in [1.807, 2.05) is 0 Å². The van der Waals surface area contributed by atoms with Gasteiger partial charge >= 0.3 is 0 Å². The Morgan fingerprint density at radius 1 is 1.47 bits per heavy atom. The third kappa shape index (κ3) is 3.98. The Kier molecular flexibility index (Phi) is 4.98. The highest BCUT2D eigenvalue weighted by Crippen LogP contribution is 2.26. The number of hydrogen-bond acceptors (Lipinski definition) is 5. The molecule has 1 rings (SSSR count). The number of nitrogens with one attached hydrogen (secondary N) is 1. The van der Waals surface area contributed by atoms with Crippen LogP contribution in [0.15, 0.2) is 23.1 Å². The van der Waals surface area contributed by atoms with Gasteiger partial charge in [-0.1, -0.05) is 12.1 Å². The molecule has 0 aliphatic carbocycles. The minimum atomic E-state index is -3.91. The van der Waals surface area contributed by atoms with E-state index in [2.05, 4.69) is 4.72 Å². The molecule has 0 bridgehead atoms. The van der Waals surface area contributed by atoms with Gasteiger partial charge in [0.15, 0.2) is 4.90 Å². The highest BCUT2D eigenvalue weighted by molar-refractivity contribution is 7.89. The molecule has 1 aromatic carbocycles. The molecule has 0 fully saturated rings. The monoisotopic (exact) mass is 287 g/mol. The SMILES string of the molecule is Cc1cccc([N+](=O)[O-])c1S(=O)(=O)NCCC(C)N. The molecule has 0 saturated carbocycles. The van der Waals surface area contributed by atoms with E-state index in [0.717, 1.165) is 0 Å². The van der Waals surface area contributed by atoms with E-state index in [0.29, 0.717) is 12.0 Å². The third-order valence-corrected chi connectivity index (χ3v) is 4.20. The Balaban J connectivity index is 3.10. The van der Waals surface area contributed by atoms with E-state index in [-0.39, 0.29) is 17.5 Å². The minimum absolute atomic E-state index is 0.144. The van der Waals surface area contributed by atoms with Crippen molar-refractivity contribution in [2.75, 3.05) is 6.54 Å². The molecule has 7 nitrogen and oxygen atoms in total. The molecule has 1 unspecified atom stereocenters. The highest BCUT2D eigenvalue weighted by atomic mass is 32.2. The van der Waals surface area contributed by atoms with Crippen molar-refractivity contribution in [1.29, 1.82) is 0 Å². The van der Waals surface area contributed by atoms with Crippen molar-refractivity contribution in [3.8, 4) is 0 Å². The Morgan fingerprint density at radius 2 is 2.11 bits per heavy atom. The van der Waals surface area contributed by atoms with Crippen molar-refractivity contribution < 1.29 is 13.3 Å². The largest absolute Gasteiger partial charge is 0.328 e. The average Bonchev–Trinajstić information content (AvgIpc) is 2.27. The fourth-order valence-electron chi connectivity index (χ4n) is 1.62. The van der Waals surface area contributed by atoms with Gasteiger partial charge in [0.05, 0.1) is 4.92 Å². The van der Waals surface area contributed by atoms with Crippen molar-refractivity contribution in [3.63, 3.8) is 0 Å². The summed E-state index contributed by atoms with van der Waals surface area (Å²) in [4.78, 5) is 9.91. The summed E-state index contributed by atoms with van der Waals surface area (Å²) in [6, 6.07) is 4.00.